The molecule has 3 aromatic heterocycles. The zero-order valence-corrected chi connectivity index (χ0v) is 20.4. The number of benzene rings is 2. The van der Waals surface area contributed by atoms with Gasteiger partial charge in [0, 0.05) is 24.7 Å². The number of hydrogen-bond donors (Lipinski definition) is 5. The Balaban J connectivity index is 1.51. The monoisotopic (exact) mass is 542 g/mol. The van der Waals surface area contributed by atoms with Crippen molar-refractivity contribution in [2.45, 2.75) is 6.92 Å². The Morgan fingerprint density at radius 1 is 0.700 bits per heavy atom. The molecule has 0 aliphatic heterocycles. The standard InChI is InChI=1S/C25H18N8O7/c1-12(34)26-13-6-18(20-10-32(30-28-20)14-2-4-16(24(37)38)22(35)8-14)27-19(7-13)21-11-33(31-29-21)15-3-5-17(25(39)40)23(36)9-15/h2-11,35-36H,1H3,(H,37,38)(H,39,40)(H,26,27,34). The van der Waals surface area contributed by atoms with E-state index in [-0.39, 0.29) is 28.4 Å². The first-order valence-electron chi connectivity index (χ1n) is 11.4. The van der Waals surface area contributed by atoms with Crippen LogP contribution in [0, 0.1) is 0 Å². The maximum atomic E-state index is 11.8. The summed E-state index contributed by atoms with van der Waals surface area (Å²) >= 11 is 0. The molecular formula is C25H18N8O7. The van der Waals surface area contributed by atoms with Crippen LogP contribution in [0.1, 0.15) is 27.6 Å². The fourth-order valence-corrected chi connectivity index (χ4v) is 3.77. The average molecular weight is 542 g/mol. The molecule has 15 nitrogen and oxygen atoms in total. The number of anilines is 1. The summed E-state index contributed by atoms with van der Waals surface area (Å²) in [7, 11) is 0. The van der Waals surface area contributed by atoms with E-state index in [1.54, 1.807) is 12.1 Å². The third kappa shape index (κ3) is 5.01. The number of amides is 1. The molecule has 0 aliphatic carbocycles. The summed E-state index contributed by atoms with van der Waals surface area (Å²) in [5.74, 6) is -3.77. The number of aromatic carboxylic acids is 2. The van der Waals surface area contributed by atoms with Gasteiger partial charge in [-0.2, -0.15) is 0 Å². The van der Waals surface area contributed by atoms with Crippen molar-refractivity contribution in [2.75, 3.05) is 5.32 Å². The molecule has 40 heavy (non-hydrogen) atoms. The molecule has 1 amide bonds. The topological polar surface area (TPSA) is 218 Å². The molecular weight excluding hydrogens is 524 g/mol. The first kappa shape index (κ1) is 25.5. The van der Waals surface area contributed by atoms with Gasteiger partial charge in [-0.15, -0.1) is 10.2 Å². The number of hydrogen-bond acceptors (Lipinski definition) is 10. The van der Waals surface area contributed by atoms with Gasteiger partial charge in [0.1, 0.15) is 34.0 Å². The molecule has 200 valence electrons. The van der Waals surface area contributed by atoms with Crippen molar-refractivity contribution >= 4 is 23.5 Å². The van der Waals surface area contributed by atoms with Crippen molar-refractivity contribution in [2.24, 2.45) is 0 Å². The van der Waals surface area contributed by atoms with Gasteiger partial charge in [0.15, 0.2) is 0 Å². The predicted molar refractivity (Wildman–Crippen MR) is 136 cm³/mol. The number of aromatic hydroxyl groups is 2. The van der Waals surface area contributed by atoms with Gasteiger partial charge in [0.05, 0.1) is 35.2 Å². The summed E-state index contributed by atoms with van der Waals surface area (Å²) in [6.07, 6.45) is 3.00. The summed E-state index contributed by atoms with van der Waals surface area (Å²) in [6, 6.07) is 11.0. The van der Waals surface area contributed by atoms with Crippen molar-refractivity contribution in [3.05, 3.63) is 72.1 Å². The van der Waals surface area contributed by atoms with Gasteiger partial charge in [-0.3, -0.25) is 4.79 Å². The molecule has 0 saturated carbocycles. The van der Waals surface area contributed by atoms with Crippen LogP contribution in [0.5, 0.6) is 11.5 Å². The summed E-state index contributed by atoms with van der Waals surface area (Å²) in [5.41, 5.74) is 1.73. The van der Waals surface area contributed by atoms with E-state index in [0.717, 1.165) is 0 Å². The first-order valence-corrected chi connectivity index (χ1v) is 11.4. The molecule has 0 bridgehead atoms. The SMILES string of the molecule is CC(=O)Nc1cc(-c2cn(-c3ccc(C(=O)O)c(O)c3)nn2)nc(-c2cn(-c3ccc(C(=O)O)c(O)c3)nn2)c1. The summed E-state index contributed by atoms with van der Waals surface area (Å²) in [6.45, 7) is 1.34. The molecule has 2 aromatic carbocycles. The number of carbonyl (C=O) groups excluding carboxylic acids is 1. The molecule has 5 aromatic rings. The van der Waals surface area contributed by atoms with E-state index in [4.69, 9.17) is 10.2 Å². The smallest absolute Gasteiger partial charge is 0.339 e. The van der Waals surface area contributed by atoms with E-state index in [1.807, 2.05) is 0 Å². The van der Waals surface area contributed by atoms with Gasteiger partial charge in [0.25, 0.3) is 0 Å². The second-order valence-corrected chi connectivity index (χ2v) is 8.42. The maximum absolute atomic E-state index is 11.8. The average Bonchev–Trinajstić information content (AvgIpc) is 3.58. The maximum Gasteiger partial charge on any atom is 0.339 e. The fourth-order valence-electron chi connectivity index (χ4n) is 3.77. The van der Waals surface area contributed by atoms with Crippen LogP contribution in [0.25, 0.3) is 34.2 Å². The highest BCUT2D eigenvalue weighted by molar-refractivity contribution is 5.92. The van der Waals surface area contributed by atoms with Crippen molar-refractivity contribution in [1.29, 1.82) is 0 Å². The number of pyridine rings is 1. The van der Waals surface area contributed by atoms with Crippen LogP contribution in [0.15, 0.2) is 60.9 Å². The van der Waals surface area contributed by atoms with Gasteiger partial charge in [-0.1, -0.05) is 10.4 Å². The third-order valence-corrected chi connectivity index (χ3v) is 5.61. The van der Waals surface area contributed by atoms with Crippen LogP contribution >= 0.6 is 0 Å². The van der Waals surface area contributed by atoms with Crippen LogP contribution in [-0.2, 0) is 4.79 Å². The van der Waals surface area contributed by atoms with Crippen LogP contribution in [0.2, 0.25) is 0 Å². The molecule has 3 heterocycles. The minimum Gasteiger partial charge on any atom is -0.507 e. The number of nitrogens with one attached hydrogen (secondary N) is 1. The Morgan fingerprint density at radius 2 is 1.15 bits per heavy atom. The number of aromatic nitrogens is 7. The van der Waals surface area contributed by atoms with Gasteiger partial charge in [-0.25, -0.2) is 23.9 Å². The van der Waals surface area contributed by atoms with Crippen molar-refractivity contribution < 1.29 is 34.8 Å². The lowest BCUT2D eigenvalue weighted by Gasteiger charge is -2.07. The second-order valence-electron chi connectivity index (χ2n) is 8.42. The minimum absolute atomic E-state index is 0.264. The largest absolute Gasteiger partial charge is 0.507 e. The molecule has 0 unspecified atom stereocenters. The van der Waals surface area contributed by atoms with E-state index in [0.29, 0.717) is 28.5 Å². The lowest BCUT2D eigenvalue weighted by atomic mass is 10.2. The molecule has 5 rings (SSSR count). The Hall–Kier alpha value is -6.12. The molecule has 0 saturated heterocycles. The number of carboxylic acid groups (broad SMARTS) is 2. The van der Waals surface area contributed by atoms with Crippen molar-refractivity contribution in [1.82, 2.24) is 35.0 Å². The van der Waals surface area contributed by atoms with Gasteiger partial charge < -0.3 is 25.7 Å². The molecule has 0 radical (unpaired) electrons. The zero-order valence-electron chi connectivity index (χ0n) is 20.4. The fraction of sp³-hybridized carbons (Fsp3) is 0.0400. The van der Waals surface area contributed by atoms with Crippen LogP contribution < -0.4 is 5.32 Å². The number of carboxylic acids is 2. The van der Waals surface area contributed by atoms with Gasteiger partial charge in [-0.05, 0) is 36.4 Å². The van der Waals surface area contributed by atoms with Gasteiger partial charge in [0.2, 0.25) is 5.91 Å². The van der Waals surface area contributed by atoms with E-state index in [9.17, 15) is 24.6 Å². The molecule has 15 heteroatoms. The van der Waals surface area contributed by atoms with Gasteiger partial charge >= 0.3 is 11.9 Å². The molecule has 0 atom stereocenters. The Kier molecular flexibility index (Phi) is 6.37. The summed E-state index contributed by atoms with van der Waals surface area (Å²) in [4.78, 5) is 38.7. The lowest BCUT2D eigenvalue weighted by Crippen LogP contribution is -2.06. The molecule has 0 fully saturated rings. The van der Waals surface area contributed by atoms with Crippen molar-refractivity contribution in [3.63, 3.8) is 0 Å². The highest BCUT2D eigenvalue weighted by atomic mass is 16.4. The summed E-state index contributed by atoms with van der Waals surface area (Å²) in [5, 5.41) is 57.2. The second kappa shape index (κ2) is 9.97. The zero-order chi connectivity index (χ0) is 28.6. The third-order valence-electron chi connectivity index (χ3n) is 5.61. The Labute approximate surface area is 223 Å². The summed E-state index contributed by atoms with van der Waals surface area (Å²) < 4.78 is 2.63. The molecule has 0 spiro atoms. The van der Waals surface area contributed by atoms with E-state index >= 15 is 0 Å². The van der Waals surface area contributed by atoms with Crippen LogP contribution in [0.3, 0.4) is 0 Å². The number of phenols is 2. The predicted octanol–water partition coefficient (Wildman–Crippen LogP) is 2.34. The Morgan fingerprint density at radius 3 is 1.52 bits per heavy atom. The van der Waals surface area contributed by atoms with E-state index in [2.05, 4.69) is 30.9 Å². The molecule has 5 N–H and O–H groups in total. The minimum atomic E-state index is -1.28. The van der Waals surface area contributed by atoms with Crippen LogP contribution in [0.4, 0.5) is 5.69 Å². The van der Waals surface area contributed by atoms with E-state index in [1.165, 1.54) is 65.1 Å². The Bertz CT molecular complexity index is 1690. The first-order chi connectivity index (χ1) is 19.1. The lowest BCUT2D eigenvalue weighted by molar-refractivity contribution is -0.114. The van der Waals surface area contributed by atoms with E-state index < -0.39 is 23.4 Å². The number of nitrogens with zero attached hydrogens (tertiary/aromatic N) is 7. The van der Waals surface area contributed by atoms with Crippen LogP contribution in [-0.4, -0.2) is 73.2 Å². The molecule has 0 aliphatic rings. The highest BCUT2D eigenvalue weighted by Gasteiger charge is 2.17. The number of rotatable bonds is 7. The van der Waals surface area contributed by atoms with Crippen molar-refractivity contribution in [3.8, 4) is 45.6 Å². The normalized spacial score (nSPS) is 10.8. The highest BCUT2D eigenvalue weighted by Crippen LogP contribution is 2.28. The number of carbonyl (C=O) groups is 3. The quantitative estimate of drug-likeness (QED) is 0.200.